The summed E-state index contributed by atoms with van der Waals surface area (Å²) in [5, 5.41) is 11.7. The molecule has 1 fully saturated rings. The summed E-state index contributed by atoms with van der Waals surface area (Å²) in [6, 6.07) is 3.05. The number of aliphatic carboxylic acids is 1. The normalized spacial score (nSPS) is 18.3. The standard InChI is InChI=1S/C14H19N3O4/c1-10-3-2-4-15-12(10)8-16-14(20)17-5-6-21-9-11(17)7-13(18)19/h2-4,11H,5-9H2,1H3,(H,16,20)(H,18,19). The molecule has 0 spiro atoms. The molecule has 1 aromatic heterocycles. The van der Waals surface area contributed by atoms with Crippen LogP contribution in [0.3, 0.4) is 0 Å². The van der Waals surface area contributed by atoms with Crippen LogP contribution >= 0.6 is 0 Å². The monoisotopic (exact) mass is 293 g/mol. The smallest absolute Gasteiger partial charge is 0.318 e. The lowest BCUT2D eigenvalue weighted by Gasteiger charge is -2.34. The van der Waals surface area contributed by atoms with E-state index in [0.717, 1.165) is 11.3 Å². The van der Waals surface area contributed by atoms with E-state index in [0.29, 0.717) is 19.7 Å². The third kappa shape index (κ3) is 4.16. The Labute approximate surface area is 122 Å². The molecule has 0 aliphatic carbocycles. The summed E-state index contributed by atoms with van der Waals surface area (Å²) in [5.41, 5.74) is 1.80. The number of carbonyl (C=O) groups is 2. The van der Waals surface area contributed by atoms with Gasteiger partial charge < -0.3 is 20.1 Å². The molecule has 2 amide bonds. The number of rotatable bonds is 4. The van der Waals surface area contributed by atoms with Crippen LogP contribution in [0.2, 0.25) is 0 Å². The van der Waals surface area contributed by atoms with Crippen molar-refractivity contribution < 1.29 is 19.4 Å². The summed E-state index contributed by atoms with van der Waals surface area (Å²) in [5.74, 6) is -0.941. The number of aryl methyl sites for hydroxylation is 1. The van der Waals surface area contributed by atoms with Crippen molar-refractivity contribution in [3.8, 4) is 0 Å². The second kappa shape index (κ2) is 7.03. The van der Waals surface area contributed by atoms with Crippen LogP contribution in [0.1, 0.15) is 17.7 Å². The molecule has 2 rings (SSSR count). The summed E-state index contributed by atoms with van der Waals surface area (Å²) in [7, 11) is 0. The first-order valence-corrected chi connectivity index (χ1v) is 6.82. The van der Waals surface area contributed by atoms with Crippen molar-refractivity contribution >= 4 is 12.0 Å². The van der Waals surface area contributed by atoms with Gasteiger partial charge in [-0.1, -0.05) is 6.07 Å². The molecule has 1 atom stereocenters. The molecular weight excluding hydrogens is 274 g/mol. The van der Waals surface area contributed by atoms with E-state index in [-0.39, 0.29) is 19.1 Å². The number of ether oxygens (including phenoxy) is 1. The molecule has 114 valence electrons. The molecule has 0 aromatic carbocycles. The average Bonchev–Trinajstić information content (AvgIpc) is 2.46. The van der Waals surface area contributed by atoms with E-state index in [2.05, 4.69) is 10.3 Å². The maximum atomic E-state index is 12.2. The fraction of sp³-hybridized carbons (Fsp3) is 0.500. The van der Waals surface area contributed by atoms with Gasteiger partial charge in [0.05, 0.1) is 37.9 Å². The quantitative estimate of drug-likeness (QED) is 0.855. The molecule has 1 aromatic rings. The number of carbonyl (C=O) groups excluding carboxylic acids is 1. The van der Waals surface area contributed by atoms with Gasteiger partial charge in [-0.3, -0.25) is 9.78 Å². The van der Waals surface area contributed by atoms with Crippen molar-refractivity contribution in [3.63, 3.8) is 0 Å². The highest BCUT2D eigenvalue weighted by molar-refractivity contribution is 5.76. The van der Waals surface area contributed by atoms with E-state index in [1.54, 1.807) is 6.20 Å². The number of nitrogens with one attached hydrogen (secondary N) is 1. The SMILES string of the molecule is Cc1cccnc1CNC(=O)N1CCOCC1CC(=O)O. The summed E-state index contributed by atoms with van der Waals surface area (Å²) in [6.07, 6.45) is 1.56. The zero-order valence-corrected chi connectivity index (χ0v) is 11.9. The number of morpholine rings is 1. The number of aromatic nitrogens is 1. The fourth-order valence-corrected chi connectivity index (χ4v) is 2.26. The Hall–Kier alpha value is -2.15. The van der Waals surface area contributed by atoms with E-state index >= 15 is 0 Å². The largest absolute Gasteiger partial charge is 0.481 e. The Morgan fingerprint density at radius 1 is 1.57 bits per heavy atom. The molecule has 1 aliphatic heterocycles. The van der Waals surface area contributed by atoms with Gasteiger partial charge in [-0.2, -0.15) is 0 Å². The van der Waals surface area contributed by atoms with Gasteiger partial charge >= 0.3 is 12.0 Å². The van der Waals surface area contributed by atoms with Gasteiger partial charge in [0.15, 0.2) is 0 Å². The van der Waals surface area contributed by atoms with Crippen LogP contribution in [0.25, 0.3) is 0 Å². The highest BCUT2D eigenvalue weighted by atomic mass is 16.5. The van der Waals surface area contributed by atoms with Gasteiger partial charge in [0.1, 0.15) is 0 Å². The van der Waals surface area contributed by atoms with Crippen molar-refractivity contribution in [3.05, 3.63) is 29.6 Å². The molecule has 2 heterocycles. The predicted molar refractivity (Wildman–Crippen MR) is 74.8 cm³/mol. The topological polar surface area (TPSA) is 91.8 Å². The van der Waals surface area contributed by atoms with E-state index in [4.69, 9.17) is 9.84 Å². The van der Waals surface area contributed by atoms with Gasteiger partial charge in [-0.05, 0) is 18.6 Å². The van der Waals surface area contributed by atoms with Crippen LogP contribution in [-0.4, -0.2) is 52.8 Å². The third-order valence-corrected chi connectivity index (χ3v) is 3.42. The van der Waals surface area contributed by atoms with Crippen molar-refractivity contribution in [1.29, 1.82) is 0 Å². The Morgan fingerprint density at radius 3 is 3.10 bits per heavy atom. The Kier molecular flexibility index (Phi) is 5.10. The minimum atomic E-state index is -0.941. The molecule has 0 radical (unpaired) electrons. The maximum absolute atomic E-state index is 12.2. The zero-order chi connectivity index (χ0) is 15.2. The number of carboxylic acids is 1. The molecule has 7 heteroatoms. The van der Waals surface area contributed by atoms with Gasteiger partial charge in [0.25, 0.3) is 0 Å². The molecule has 1 saturated heterocycles. The molecular formula is C14H19N3O4. The van der Waals surface area contributed by atoms with Crippen molar-refractivity contribution in [1.82, 2.24) is 15.2 Å². The van der Waals surface area contributed by atoms with Crippen molar-refractivity contribution in [2.24, 2.45) is 0 Å². The van der Waals surface area contributed by atoms with E-state index in [1.165, 1.54) is 4.90 Å². The third-order valence-electron chi connectivity index (χ3n) is 3.42. The lowest BCUT2D eigenvalue weighted by Crippen LogP contribution is -2.53. The Bertz CT molecular complexity index is 521. The molecule has 7 nitrogen and oxygen atoms in total. The first kappa shape index (κ1) is 15.2. The number of hydrogen-bond acceptors (Lipinski definition) is 4. The number of urea groups is 1. The number of pyridine rings is 1. The molecule has 2 N–H and O–H groups in total. The summed E-state index contributed by atoms with van der Waals surface area (Å²) >= 11 is 0. The highest BCUT2D eigenvalue weighted by Gasteiger charge is 2.29. The van der Waals surface area contributed by atoms with Crippen LogP contribution < -0.4 is 5.32 Å². The molecule has 1 unspecified atom stereocenters. The molecule has 1 aliphatic rings. The number of hydrogen-bond donors (Lipinski definition) is 2. The van der Waals surface area contributed by atoms with Crippen LogP contribution in [0.5, 0.6) is 0 Å². The lowest BCUT2D eigenvalue weighted by atomic mass is 10.1. The van der Waals surface area contributed by atoms with Crippen LogP contribution in [0.15, 0.2) is 18.3 Å². The first-order valence-electron chi connectivity index (χ1n) is 6.82. The van der Waals surface area contributed by atoms with Gasteiger partial charge in [-0.15, -0.1) is 0 Å². The van der Waals surface area contributed by atoms with Crippen LogP contribution in [0.4, 0.5) is 4.79 Å². The Balaban J connectivity index is 1.94. The first-order chi connectivity index (χ1) is 10.1. The minimum absolute atomic E-state index is 0.115. The zero-order valence-electron chi connectivity index (χ0n) is 11.9. The van der Waals surface area contributed by atoms with Gasteiger partial charge in [-0.25, -0.2) is 4.79 Å². The highest BCUT2D eigenvalue weighted by Crippen LogP contribution is 2.11. The predicted octanol–water partition coefficient (Wildman–Crippen LogP) is 0.775. The van der Waals surface area contributed by atoms with E-state index in [1.807, 2.05) is 19.1 Å². The summed E-state index contributed by atoms with van der Waals surface area (Å²) in [4.78, 5) is 28.8. The molecule has 0 saturated carbocycles. The van der Waals surface area contributed by atoms with Crippen LogP contribution in [-0.2, 0) is 16.1 Å². The maximum Gasteiger partial charge on any atom is 0.318 e. The Morgan fingerprint density at radius 2 is 2.38 bits per heavy atom. The number of carboxylic acid groups (broad SMARTS) is 1. The molecule has 0 bridgehead atoms. The van der Waals surface area contributed by atoms with Gasteiger partial charge in [0.2, 0.25) is 0 Å². The van der Waals surface area contributed by atoms with Gasteiger partial charge in [0, 0.05) is 12.7 Å². The lowest BCUT2D eigenvalue weighted by molar-refractivity contribution is -0.139. The second-order valence-corrected chi connectivity index (χ2v) is 4.95. The van der Waals surface area contributed by atoms with Crippen molar-refractivity contribution in [2.75, 3.05) is 19.8 Å². The summed E-state index contributed by atoms with van der Waals surface area (Å²) < 4.78 is 5.25. The average molecular weight is 293 g/mol. The minimum Gasteiger partial charge on any atom is -0.481 e. The molecule has 21 heavy (non-hydrogen) atoms. The number of amides is 2. The van der Waals surface area contributed by atoms with Crippen molar-refractivity contribution in [2.45, 2.75) is 25.9 Å². The van der Waals surface area contributed by atoms with Crippen LogP contribution in [0, 0.1) is 6.92 Å². The summed E-state index contributed by atoms with van der Waals surface area (Å²) in [6.45, 7) is 3.32. The number of nitrogens with zero attached hydrogens (tertiary/aromatic N) is 2. The fourth-order valence-electron chi connectivity index (χ4n) is 2.26. The van der Waals surface area contributed by atoms with E-state index < -0.39 is 12.0 Å². The van der Waals surface area contributed by atoms with E-state index in [9.17, 15) is 9.59 Å². The second-order valence-electron chi connectivity index (χ2n) is 4.95.